The molecule has 0 spiro atoms. The summed E-state index contributed by atoms with van der Waals surface area (Å²) in [6.45, 7) is 6.64. The summed E-state index contributed by atoms with van der Waals surface area (Å²) in [5, 5.41) is 9.02. The van der Waals surface area contributed by atoms with E-state index in [1.54, 1.807) is 12.1 Å². The molecule has 0 heterocycles. The van der Waals surface area contributed by atoms with Crippen molar-refractivity contribution >= 4 is 5.97 Å². The maximum Gasteiger partial charge on any atom is 0.339 e. The van der Waals surface area contributed by atoms with E-state index in [1.807, 2.05) is 13.0 Å². The van der Waals surface area contributed by atoms with Gasteiger partial charge in [-0.05, 0) is 30.9 Å². The highest BCUT2D eigenvalue weighted by Crippen LogP contribution is 2.23. The minimum absolute atomic E-state index is 0.240. The van der Waals surface area contributed by atoms with Gasteiger partial charge in [-0.15, -0.1) is 0 Å². The summed E-state index contributed by atoms with van der Waals surface area (Å²) < 4.78 is 5.56. The number of aromatic carboxylic acids is 1. The molecule has 0 unspecified atom stereocenters. The largest absolute Gasteiger partial charge is 0.492 e. The molecule has 16 heavy (non-hydrogen) atoms. The number of rotatable bonds is 5. The number of ether oxygens (including phenoxy) is 1. The van der Waals surface area contributed by atoms with Gasteiger partial charge < -0.3 is 9.84 Å². The van der Waals surface area contributed by atoms with E-state index in [0.29, 0.717) is 18.3 Å². The van der Waals surface area contributed by atoms with Crippen molar-refractivity contribution in [2.24, 2.45) is 5.92 Å². The SMILES string of the molecule is Cc1cccc(C(=O)O)c1OCCC(C)C. The summed E-state index contributed by atoms with van der Waals surface area (Å²) in [6, 6.07) is 5.16. The van der Waals surface area contributed by atoms with Gasteiger partial charge in [-0.2, -0.15) is 0 Å². The molecule has 1 N–H and O–H groups in total. The maximum atomic E-state index is 11.0. The topological polar surface area (TPSA) is 46.5 Å². The van der Waals surface area contributed by atoms with Gasteiger partial charge in [0.2, 0.25) is 0 Å². The van der Waals surface area contributed by atoms with Gasteiger partial charge in [-0.1, -0.05) is 26.0 Å². The minimum Gasteiger partial charge on any atom is -0.492 e. The van der Waals surface area contributed by atoms with E-state index in [1.165, 1.54) is 0 Å². The van der Waals surface area contributed by atoms with Crippen molar-refractivity contribution in [1.82, 2.24) is 0 Å². The Hall–Kier alpha value is -1.51. The predicted molar refractivity (Wildman–Crippen MR) is 63.1 cm³/mol. The van der Waals surface area contributed by atoms with Gasteiger partial charge in [0, 0.05) is 0 Å². The van der Waals surface area contributed by atoms with Crippen LogP contribution in [-0.2, 0) is 0 Å². The average molecular weight is 222 g/mol. The minimum atomic E-state index is -0.941. The summed E-state index contributed by atoms with van der Waals surface area (Å²) in [4.78, 5) is 11.0. The van der Waals surface area contributed by atoms with E-state index >= 15 is 0 Å². The Morgan fingerprint density at radius 3 is 2.69 bits per heavy atom. The van der Waals surface area contributed by atoms with Gasteiger partial charge in [0.25, 0.3) is 0 Å². The van der Waals surface area contributed by atoms with Crippen LogP contribution in [0.5, 0.6) is 5.75 Å². The number of carboxylic acid groups (broad SMARTS) is 1. The molecule has 1 rings (SSSR count). The number of hydrogen-bond acceptors (Lipinski definition) is 2. The smallest absolute Gasteiger partial charge is 0.339 e. The quantitative estimate of drug-likeness (QED) is 0.832. The first-order valence-corrected chi connectivity index (χ1v) is 5.48. The number of carbonyl (C=O) groups is 1. The first-order valence-electron chi connectivity index (χ1n) is 5.48. The molecule has 0 saturated carbocycles. The molecule has 0 aromatic heterocycles. The van der Waals surface area contributed by atoms with Crippen LogP contribution in [0.4, 0.5) is 0 Å². The molecular formula is C13H18O3. The molecule has 1 aromatic carbocycles. The first-order chi connectivity index (χ1) is 7.52. The summed E-state index contributed by atoms with van der Waals surface area (Å²) in [5.74, 6) is 0.108. The zero-order chi connectivity index (χ0) is 12.1. The van der Waals surface area contributed by atoms with E-state index in [9.17, 15) is 4.79 Å². The van der Waals surface area contributed by atoms with Crippen LogP contribution in [0, 0.1) is 12.8 Å². The van der Waals surface area contributed by atoms with Gasteiger partial charge >= 0.3 is 5.97 Å². The lowest BCUT2D eigenvalue weighted by Crippen LogP contribution is -2.07. The van der Waals surface area contributed by atoms with E-state index in [-0.39, 0.29) is 5.56 Å². The molecule has 0 atom stereocenters. The second-order valence-electron chi connectivity index (χ2n) is 4.29. The molecule has 1 aromatic rings. The lowest BCUT2D eigenvalue weighted by molar-refractivity contribution is 0.0692. The highest BCUT2D eigenvalue weighted by molar-refractivity contribution is 5.91. The number of benzene rings is 1. The lowest BCUT2D eigenvalue weighted by atomic mass is 10.1. The molecule has 0 aliphatic rings. The van der Waals surface area contributed by atoms with Gasteiger partial charge in [0.05, 0.1) is 6.61 Å². The van der Waals surface area contributed by atoms with Crippen LogP contribution >= 0.6 is 0 Å². The zero-order valence-corrected chi connectivity index (χ0v) is 9.99. The molecule has 3 heteroatoms. The van der Waals surface area contributed by atoms with Gasteiger partial charge in [-0.3, -0.25) is 0 Å². The van der Waals surface area contributed by atoms with Gasteiger partial charge in [0.1, 0.15) is 11.3 Å². The number of hydrogen-bond donors (Lipinski definition) is 1. The van der Waals surface area contributed by atoms with Crippen LogP contribution in [0.1, 0.15) is 36.2 Å². The van der Waals surface area contributed by atoms with E-state index in [0.717, 1.165) is 12.0 Å². The molecular weight excluding hydrogens is 204 g/mol. The van der Waals surface area contributed by atoms with E-state index in [2.05, 4.69) is 13.8 Å². The van der Waals surface area contributed by atoms with Crippen molar-refractivity contribution in [2.75, 3.05) is 6.61 Å². The van der Waals surface area contributed by atoms with Gasteiger partial charge in [0.15, 0.2) is 0 Å². The fourth-order valence-electron chi connectivity index (χ4n) is 1.41. The second-order valence-corrected chi connectivity index (χ2v) is 4.29. The summed E-state index contributed by atoms with van der Waals surface area (Å²) >= 11 is 0. The van der Waals surface area contributed by atoms with Crippen molar-refractivity contribution < 1.29 is 14.6 Å². The molecule has 0 fully saturated rings. The van der Waals surface area contributed by atoms with Crippen molar-refractivity contribution in [1.29, 1.82) is 0 Å². The summed E-state index contributed by atoms with van der Waals surface area (Å²) in [5.41, 5.74) is 1.10. The Morgan fingerprint density at radius 2 is 2.12 bits per heavy atom. The highest BCUT2D eigenvalue weighted by Gasteiger charge is 2.13. The molecule has 0 amide bonds. The normalized spacial score (nSPS) is 10.5. The van der Waals surface area contributed by atoms with Crippen LogP contribution < -0.4 is 4.74 Å². The van der Waals surface area contributed by atoms with Gasteiger partial charge in [-0.25, -0.2) is 4.79 Å². The maximum absolute atomic E-state index is 11.0. The second kappa shape index (κ2) is 5.54. The third-order valence-electron chi connectivity index (χ3n) is 2.38. The Balaban J connectivity index is 2.80. The van der Waals surface area contributed by atoms with Crippen LogP contribution in [0.15, 0.2) is 18.2 Å². The highest BCUT2D eigenvalue weighted by atomic mass is 16.5. The standard InChI is InChI=1S/C13H18O3/c1-9(2)7-8-16-12-10(3)5-4-6-11(12)13(14)15/h4-6,9H,7-8H2,1-3H3,(H,14,15). The van der Waals surface area contributed by atoms with Crippen LogP contribution in [-0.4, -0.2) is 17.7 Å². The van der Waals surface area contributed by atoms with E-state index in [4.69, 9.17) is 9.84 Å². The molecule has 0 bridgehead atoms. The van der Waals surface area contributed by atoms with Crippen LogP contribution in [0.25, 0.3) is 0 Å². The average Bonchev–Trinajstić information content (AvgIpc) is 2.19. The van der Waals surface area contributed by atoms with Crippen LogP contribution in [0.2, 0.25) is 0 Å². The summed E-state index contributed by atoms with van der Waals surface area (Å²) in [7, 11) is 0. The molecule has 0 radical (unpaired) electrons. The number of para-hydroxylation sites is 1. The van der Waals surface area contributed by atoms with E-state index < -0.39 is 5.97 Å². The zero-order valence-electron chi connectivity index (χ0n) is 9.99. The molecule has 88 valence electrons. The number of aryl methyl sites for hydroxylation is 1. The molecule has 0 saturated heterocycles. The monoisotopic (exact) mass is 222 g/mol. The first kappa shape index (κ1) is 12.6. The van der Waals surface area contributed by atoms with Crippen molar-refractivity contribution in [2.45, 2.75) is 27.2 Å². The molecule has 0 aliphatic carbocycles. The summed E-state index contributed by atoms with van der Waals surface area (Å²) in [6.07, 6.45) is 0.924. The van der Waals surface area contributed by atoms with Crippen LogP contribution in [0.3, 0.4) is 0 Å². The van der Waals surface area contributed by atoms with Crippen molar-refractivity contribution in [3.63, 3.8) is 0 Å². The Kier molecular flexibility index (Phi) is 4.35. The van der Waals surface area contributed by atoms with Crippen molar-refractivity contribution in [3.05, 3.63) is 29.3 Å². The molecule has 0 aliphatic heterocycles. The number of carboxylic acids is 1. The predicted octanol–water partition coefficient (Wildman–Crippen LogP) is 3.12. The fourth-order valence-corrected chi connectivity index (χ4v) is 1.41. The lowest BCUT2D eigenvalue weighted by Gasteiger charge is -2.12. The van der Waals surface area contributed by atoms with Crippen molar-refractivity contribution in [3.8, 4) is 5.75 Å². The molecule has 3 nitrogen and oxygen atoms in total. The Morgan fingerprint density at radius 1 is 1.44 bits per heavy atom. The Bertz CT molecular complexity index is 369. The Labute approximate surface area is 96.1 Å². The third-order valence-corrected chi connectivity index (χ3v) is 2.38. The third kappa shape index (κ3) is 3.26. The fraction of sp³-hybridized carbons (Fsp3) is 0.462.